The molecule has 1 aromatic heterocycles. The van der Waals surface area contributed by atoms with E-state index in [9.17, 15) is 0 Å². The second-order valence-corrected chi connectivity index (χ2v) is 6.06. The Balaban J connectivity index is 1.94. The summed E-state index contributed by atoms with van der Waals surface area (Å²) >= 11 is 0. The minimum atomic E-state index is 0.685. The van der Waals surface area contributed by atoms with Crippen LogP contribution in [-0.2, 0) is 6.54 Å². The van der Waals surface area contributed by atoms with Crippen LogP contribution in [0.1, 0.15) is 45.2 Å². The highest BCUT2D eigenvalue weighted by Crippen LogP contribution is 2.25. The molecule has 0 amide bonds. The summed E-state index contributed by atoms with van der Waals surface area (Å²) in [6.07, 6.45) is 5.36. The lowest BCUT2D eigenvalue weighted by Crippen LogP contribution is -2.30. The largest absolute Gasteiger partial charge is 0.357 e. The summed E-state index contributed by atoms with van der Waals surface area (Å²) in [6.45, 7) is 6.37. The first-order valence-electron chi connectivity index (χ1n) is 7.56. The molecule has 0 aromatic carbocycles. The molecule has 0 bridgehead atoms. The first-order chi connectivity index (χ1) is 9.16. The molecule has 1 aromatic rings. The van der Waals surface area contributed by atoms with Crippen LogP contribution in [0.15, 0.2) is 18.2 Å². The van der Waals surface area contributed by atoms with E-state index >= 15 is 0 Å². The molecule has 0 atom stereocenters. The molecule has 3 nitrogen and oxygen atoms in total. The third-order valence-corrected chi connectivity index (χ3v) is 3.88. The molecular formula is C16H27N3. The molecule has 0 unspecified atom stereocenters. The van der Waals surface area contributed by atoms with E-state index in [-0.39, 0.29) is 0 Å². The average molecular weight is 261 g/mol. The van der Waals surface area contributed by atoms with Gasteiger partial charge < -0.3 is 10.2 Å². The SMILES string of the molecule is CC(C)CNCc1cccc(N(C)C2CCCC2)n1. The van der Waals surface area contributed by atoms with E-state index in [0.29, 0.717) is 12.0 Å². The molecule has 3 heteroatoms. The van der Waals surface area contributed by atoms with Crippen LogP contribution in [-0.4, -0.2) is 24.6 Å². The monoisotopic (exact) mass is 261 g/mol. The number of nitrogens with zero attached hydrogens (tertiary/aromatic N) is 2. The van der Waals surface area contributed by atoms with Crippen LogP contribution in [0.25, 0.3) is 0 Å². The smallest absolute Gasteiger partial charge is 0.128 e. The summed E-state index contributed by atoms with van der Waals surface area (Å²) in [5.41, 5.74) is 1.14. The second kappa shape index (κ2) is 6.90. The van der Waals surface area contributed by atoms with Crippen molar-refractivity contribution < 1.29 is 0 Å². The third kappa shape index (κ3) is 4.20. The van der Waals surface area contributed by atoms with E-state index in [0.717, 1.165) is 24.6 Å². The number of hydrogen-bond acceptors (Lipinski definition) is 3. The topological polar surface area (TPSA) is 28.2 Å². The number of nitrogens with one attached hydrogen (secondary N) is 1. The number of pyridine rings is 1. The minimum absolute atomic E-state index is 0.685. The normalized spacial score (nSPS) is 16.2. The Morgan fingerprint density at radius 1 is 1.32 bits per heavy atom. The fraction of sp³-hybridized carbons (Fsp3) is 0.688. The van der Waals surface area contributed by atoms with Crippen molar-refractivity contribution in [2.45, 2.75) is 52.1 Å². The van der Waals surface area contributed by atoms with Crippen LogP contribution < -0.4 is 10.2 Å². The summed E-state index contributed by atoms with van der Waals surface area (Å²) in [5.74, 6) is 1.81. The van der Waals surface area contributed by atoms with Gasteiger partial charge in [-0.05, 0) is 37.4 Å². The summed E-state index contributed by atoms with van der Waals surface area (Å²) in [7, 11) is 2.18. The number of anilines is 1. The molecule has 1 saturated carbocycles. The van der Waals surface area contributed by atoms with E-state index in [2.05, 4.69) is 49.3 Å². The van der Waals surface area contributed by atoms with Gasteiger partial charge in [0.1, 0.15) is 5.82 Å². The molecule has 1 fully saturated rings. The van der Waals surface area contributed by atoms with E-state index in [1.54, 1.807) is 0 Å². The molecule has 0 aliphatic heterocycles. The van der Waals surface area contributed by atoms with Gasteiger partial charge in [-0.3, -0.25) is 0 Å². The second-order valence-electron chi connectivity index (χ2n) is 6.06. The average Bonchev–Trinajstić information content (AvgIpc) is 2.91. The van der Waals surface area contributed by atoms with Crippen molar-refractivity contribution in [3.63, 3.8) is 0 Å². The van der Waals surface area contributed by atoms with Crippen molar-refractivity contribution >= 4 is 5.82 Å². The molecule has 1 aliphatic carbocycles. The molecule has 19 heavy (non-hydrogen) atoms. The maximum Gasteiger partial charge on any atom is 0.128 e. The van der Waals surface area contributed by atoms with Gasteiger partial charge in [-0.2, -0.15) is 0 Å². The molecule has 0 saturated heterocycles. The van der Waals surface area contributed by atoms with E-state index in [4.69, 9.17) is 4.98 Å². The molecule has 0 radical (unpaired) electrons. The van der Waals surface area contributed by atoms with Crippen molar-refractivity contribution in [1.82, 2.24) is 10.3 Å². The Bertz CT molecular complexity index is 383. The Hall–Kier alpha value is -1.09. The Kier molecular flexibility index (Phi) is 5.20. The van der Waals surface area contributed by atoms with Crippen LogP contribution in [0.2, 0.25) is 0 Å². The van der Waals surface area contributed by atoms with Crippen molar-refractivity contribution in [2.24, 2.45) is 5.92 Å². The van der Waals surface area contributed by atoms with Gasteiger partial charge >= 0.3 is 0 Å². The van der Waals surface area contributed by atoms with Crippen LogP contribution in [0, 0.1) is 5.92 Å². The lowest BCUT2D eigenvalue weighted by atomic mass is 10.2. The summed E-state index contributed by atoms with van der Waals surface area (Å²) < 4.78 is 0. The lowest BCUT2D eigenvalue weighted by molar-refractivity contribution is 0.547. The zero-order valence-corrected chi connectivity index (χ0v) is 12.5. The Labute approximate surface area is 117 Å². The molecule has 1 aliphatic rings. The molecule has 2 rings (SSSR count). The fourth-order valence-electron chi connectivity index (χ4n) is 2.73. The van der Waals surface area contributed by atoms with E-state index < -0.39 is 0 Å². The first kappa shape index (κ1) is 14.3. The molecular weight excluding hydrogens is 234 g/mol. The van der Waals surface area contributed by atoms with Crippen molar-refractivity contribution in [3.05, 3.63) is 23.9 Å². The van der Waals surface area contributed by atoms with Crippen LogP contribution in [0.5, 0.6) is 0 Å². The number of aromatic nitrogens is 1. The fourth-order valence-corrected chi connectivity index (χ4v) is 2.73. The number of rotatable bonds is 6. The summed E-state index contributed by atoms with van der Waals surface area (Å²) in [5, 5.41) is 3.46. The third-order valence-electron chi connectivity index (χ3n) is 3.88. The Morgan fingerprint density at radius 2 is 2.05 bits per heavy atom. The zero-order chi connectivity index (χ0) is 13.7. The van der Waals surface area contributed by atoms with Gasteiger partial charge in [-0.15, -0.1) is 0 Å². The molecule has 106 valence electrons. The quantitative estimate of drug-likeness (QED) is 0.852. The van der Waals surface area contributed by atoms with Gasteiger partial charge in [0.15, 0.2) is 0 Å². The minimum Gasteiger partial charge on any atom is -0.357 e. The molecule has 0 spiro atoms. The highest BCUT2D eigenvalue weighted by Gasteiger charge is 2.20. The van der Waals surface area contributed by atoms with Crippen LogP contribution in [0.4, 0.5) is 5.82 Å². The first-order valence-corrected chi connectivity index (χ1v) is 7.56. The molecule has 1 N–H and O–H groups in total. The maximum absolute atomic E-state index is 4.78. The van der Waals surface area contributed by atoms with Gasteiger partial charge in [-0.25, -0.2) is 4.98 Å². The van der Waals surface area contributed by atoms with E-state index in [1.165, 1.54) is 25.7 Å². The predicted octanol–water partition coefficient (Wildman–Crippen LogP) is 3.21. The highest BCUT2D eigenvalue weighted by molar-refractivity contribution is 5.39. The standard InChI is InChI=1S/C16H27N3/c1-13(2)11-17-12-14-7-6-10-16(18-14)19(3)15-8-4-5-9-15/h6-7,10,13,15,17H,4-5,8-9,11-12H2,1-3H3. The highest BCUT2D eigenvalue weighted by atomic mass is 15.2. The lowest BCUT2D eigenvalue weighted by Gasteiger charge is -2.25. The van der Waals surface area contributed by atoms with E-state index in [1.807, 2.05) is 0 Å². The summed E-state index contributed by atoms with van der Waals surface area (Å²) in [4.78, 5) is 7.14. The van der Waals surface area contributed by atoms with Gasteiger partial charge in [0, 0.05) is 19.6 Å². The Morgan fingerprint density at radius 3 is 2.74 bits per heavy atom. The predicted molar refractivity (Wildman–Crippen MR) is 81.4 cm³/mol. The van der Waals surface area contributed by atoms with Gasteiger partial charge in [0.2, 0.25) is 0 Å². The maximum atomic E-state index is 4.78. The van der Waals surface area contributed by atoms with Gasteiger partial charge in [-0.1, -0.05) is 32.8 Å². The zero-order valence-electron chi connectivity index (χ0n) is 12.5. The summed E-state index contributed by atoms with van der Waals surface area (Å²) in [6, 6.07) is 7.05. The van der Waals surface area contributed by atoms with Crippen molar-refractivity contribution in [2.75, 3.05) is 18.5 Å². The van der Waals surface area contributed by atoms with Gasteiger partial charge in [0.25, 0.3) is 0 Å². The van der Waals surface area contributed by atoms with Crippen LogP contribution >= 0.6 is 0 Å². The van der Waals surface area contributed by atoms with Crippen molar-refractivity contribution in [1.29, 1.82) is 0 Å². The van der Waals surface area contributed by atoms with Gasteiger partial charge in [0.05, 0.1) is 5.69 Å². The number of hydrogen-bond donors (Lipinski definition) is 1. The molecule has 1 heterocycles. The van der Waals surface area contributed by atoms with Crippen molar-refractivity contribution in [3.8, 4) is 0 Å². The van der Waals surface area contributed by atoms with Crippen LogP contribution in [0.3, 0.4) is 0 Å².